The van der Waals surface area contributed by atoms with E-state index < -0.39 is 23.6 Å². The van der Waals surface area contributed by atoms with Crippen molar-refractivity contribution >= 4 is 39.6 Å². The number of methoxy groups -OCH3 is 1. The number of nitrogens with zero attached hydrogens (tertiary/aromatic N) is 1. The number of rotatable bonds is 7. The van der Waals surface area contributed by atoms with E-state index in [0.29, 0.717) is 10.0 Å². The molecule has 0 aromatic heterocycles. The minimum absolute atomic E-state index is 0.0138. The number of hydrogen-bond donors (Lipinski definition) is 3. The fourth-order valence-electron chi connectivity index (χ4n) is 2.28. The zero-order chi connectivity index (χ0) is 22.3. The van der Waals surface area contributed by atoms with Crippen LogP contribution in [-0.4, -0.2) is 30.2 Å². The van der Waals surface area contributed by atoms with E-state index in [1.165, 1.54) is 31.5 Å². The van der Waals surface area contributed by atoms with Gasteiger partial charge in [0.1, 0.15) is 0 Å². The number of amides is 2. The summed E-state index contributed by atoms with van der Waals surface area (Å²) in [5.41, 5.74) is 1.86. The van der Waals surface area contributed by atoms with E-state index >= 15 is 0 Å². The number of alkyl halides is 3. The van der Waals surface area contributed by atoms with Gasteiger partial charge in [-0.3, -0.25) is 9.59 Å². The second kappa shape index (κ2) is 10.1. The first-order valence-corrected chi connectivity index (χ1v) is 9.25. The topological polar surface area (TPSA) is 100 Å². The van der Waals surface area contributed by atoms with Gasteiger partial charge in [-0.05, 0) is 51.8 Å². The van der Waals surface area contributed by atoms with Gasteiger partial charge in [0.25, 0.3) is 0 Å². The maximum Gasteiger partial charge on any atom is 0.416 e. The molecule has 2 aromatic rings. The quantitative estimate of drug-likeness (QED) is 0.405. The molecule has 0 bridgehead atoms. The first-order valence-electron chi connectivity index (χ1n) is 8.45. The molecule has 2 amide bonds. The number of carbonyl (C=O) groups excluding carboxylic acids is 2. The van der Waals surface area contributed by atoms with Gasteiger partial charge in [-0.1, -0.05) is 6.07 Å². The van der Waals surface area contributed by atoms with Crippen molar-refractivity contribution in [2.75, 3.05) is 12.4 Å². The highest BCUT2D eigenvalue weighted by atomic mass is 79.9. The fraction of sp³-hybridized carbons (Fsp3) is 0.211. The van der Waals surface area contributed by atoms with Crippen LogP contribution in [0.15, 0.2) is 46.0 Å². The normalized spacial score (nSPS) is 11.4. The Kier molecular flexibility index (Phi) is 7.81. The maximum atomic E-state index is 12.7. The fourth-order valence-corrected chi connectivity index (χ4v) is 2.74. The van der Waals surface area contributed by atoms with Crippen molar-refractivity contribution in [2.24, 2.45) is 5.10 Å². The number of phenolic OH excluding ortho intramolecular Hbond substituents is 1. The van der Waals surface area contributed by atoms with Crippen molar-refractivity contribution in [2.45, 2.75) is 19.0 Å². The summed E-state index contributed by atoms with van der Waals surface area (Å²) in [6.45, 7) is 0. The minimum atomic E-state index is -4.52. The molecule has 7 nitrogen and oxygen atoms in total. The number of phenols is 1. The Bertz CT molecular complexity index is 965. The van der Waals surface area contributed by atoms with E-state index in [0.717, 1.165) is 12.1 Å². The predicted octanol–water partition coefficient (Wildman–Crippen LogP) is 4.05. The lowest BCUT2D eigenvalue weighted by atomic mass is 10.2. The minimum Gasteiger partial charge on any atom is -0.503 e. The van der Waals surface area contributed by atoms with Crippen LogP contribution in [-0.2, 0) is 15.8 Å². The lowest BCUT2D eigenvalue weighted by Crippen LogP contribution is -2.20. The number of hydrazone groups is 1. The molecule has 160 valence electrons. The highest BCUT2D eigenvalue weighted by Gasteiger charge is 2.30. The third kappa shape index (κ3) is 6.76. The van der Waals surface area contributed by atoms with E-state index in [9.17, 15) is 27.9 Å². The summed E-state index contributed by atoms with van der Waals surface area (Å²) in [7, 11) is 1.38. The molecule has 11 heteroatoms. The van der Waals surface area contributed by atoms with E-state index in [2.05, 4.69) is 31.8 Å². The molecule has 0 unspecified atom stereocenters. The molecular formula is C19H17BrF3N3O4. The number of hydrogen-bond acceptors (Lipinski definition) is 5. The average Bonchev–Trinajstić information content (AvgIpc) is 2.68. The molecule has 0 atom stereocenters. The van der Waals surface area contributed by atoms with E-state index in [-0.39, 0.29) is 30.0 Å². The van der Waals surface area contributed by atoms with Crippen molar-refractivity contribution in [1.82, 2.24) is 5.43 Å². The molecule has 0 saturated heterocycles. The number of halogens is 4. The van der Waals surface area contributed by atoms with Crippen LogP contribution < -0.4 is 15.5 Å². The lowest BCUT2D eigenvalue weighted by Gasteiger charge is -2.09. The number of ether oxygens (including phenoxy) is 1. The van der Waals surface area contributed by atoms with Gasteiger partial charge in [0, 0.05) is 18.5 Å². The van der Waals surface area contributed by atoms with Gasteiger partial charge in [0.15, 0.2) is 11.5 Å². The average molecular weight is 488 g/mol. The molecule has 0 aliphatic rings. The summed E-state index contributed by atoms with van der Waals surface area (Å²) >= 11 is 3.16. The molecule has 2 aromatic carbocycles. The summed E-state index contributed by atoms with van der Waals surface area (Å²) < 4.78 is 43.4. The largest absolute Gasteiger partial charge is 0.503 e. The highest BCUT2D eigenvalue weighted by molar-refractivity contribution is 9.10. The Morgan fingerprint density at radius 3 is 2.57 bits per heavy atom. The Morgan fingerprint density at radius 1 is 1.20 bits per heavy atom. The smallest absolute Gasteiger partial charge is 0.416 e. The first kappa shape index (κ1) is 23.2. The molecule has 0 aliphatic carbocycles. The van der Waals surface area contributed by atoms with Crippen molar-refractivity contribution in [3.05, 3.63) is 52.0 Å². The number of aromatic hydroxyl groups is 1. The molecule has 0 spiro atoms. The Hall–Kier alpha value is -3.08. The number of anilines is 1. The predicted molar refractivity (Wildman–Crippen MR) is 107 cm³/mol. The van der Waals surface area contributed by atoms with Gasteiger partial charge in [-0.15, -0.1) is 0 Å². The molecule has 0 fully saturated rings. The third-order valence-corrected chi connectivity index (χ3v) is 4.33. The van der Waals surface area contributed by atoms with Crippen LogP contribution in [0.1, 0.15) is 24.0 Å². The SMILES string of the molecule is COc1cc(/C=N/NC(=O)CCC(=O)Nc2cccc(C(F)(F)F)c2)cc(Br)c1O. The maximum absolute atomic E-state index is 12.7. The Morgan fingerprint density at radius 2 is 1.90 bits per heavy atom. The Labute approximate surface area is 178 Å². The monoisotopic (exact) mass is 487 g/mol. The molecular weight excluding hydrogens is 471 g/mol. The summed E-state index contributed by atoms with van der Waals surface area (Å²) in [6.07, 6.45) is -3.66. The molecule has 0 heterocycles. The first-order chi connectivity index (χ1) is 14.1. The van der Waals surface area contributed by atoms with Gasteiger partial charge in [-0.2, -0.15) is 18.3 Å². The van der Waals surface area contributed by atoms with Crippen molar-refractivity contribution in [3.8, 4) is 11.5 Å². The van der Waals surface area contributed by atoms with Gasteiger partial charge >= 0.3 is 6.18 Å². The molecule has 0 aliphatic heterocycles. The Balaban J connectivity index is 1.84. The van der Waals surface area contributed by atoms with Gasteiger partial charge in [-0.25, -0.2) is 5.43 Å². The molecule has 30 heavy (non-hydrogen) atoms. The van der Waals surface area contributed by atoms with E-state index in [1.807, 2.05) is 0 Å². The lowest BCUT2D eigenvalue weighted by molar-refractivity contribution is -0.137. The van der Waals surface area contributed by atoms with E-state index in [1.54, 1.807) is 6.07 Å². The molecule has 0 radical (unpaired) electrons. The van der Waals surface area contributed by atoms with Crippen LogP contribution in [0.25, 0.3) is 0 Å². The van der Waals surface area contributed by atoms with Crippen molar-refractivity contribution < 1.29 is 32.6 Å². The summed E-state index contributed by atoms with van der Waals surface area (Å²) in [4.78, 5) is 23.7. The summed E-state index contributed by atoms with van der Waals surface area (Å²) in [5, 5.41) is 15.8. The number of nitrogens with one attached hydrogen (secondary N) is 2. The zero-order valence-electron chi connectivity index (χ0n) is 15.6. The van der Waals surface area contributed by atoms with E-state index in [4.69, 9.17) is 4.74 Å². The van der Waals surface area contributed by atoms with Gasteiger partial charge in [0.2, 0.25) is 11.8 Å². The molecule has 0 saturated carbocycles. The van der Waals surface area contributed by atoms with Crippen LogP contribution in [0, 0.1) is 0 Å². The second-order valence-electron chi connectivity index (χ2n) is 5.97. The molecule has 3 N–H and O–H groups in total. The van der Waals surface area contributed by atoms with Crippen molar-refractivity contribution in [1.29, 1.82) is 0 Å². The number of benzene rings is 2. The van der Waals surface area contributed by atoms with Crippen LogP contribution in [0.4, 0.5) is 18.9 Å². The zero-order valence-corrected chi connectivity index (χ0v) is 17.2. The highest BCUT2D eigenvalue weighted by Crippen LogP contribution is 2.34. The van der Waals surface area contributed by atoms with Crippen LogP contribution in [0.2, 0.25) is 0 Å². The van der Waals surface area contributed by atoms with Gasteiger partial charge < -0.3 is 15.2 Å². The van der Waals surface area contributed by atoms with Crippen LogP contribution in [0.5, 0.6) is 11.5 Å². The number of carbonyl (C=O) groups is 2. The summed E-state index contributed by atoms with van der Waals surface area (Å²) in [5.74, 6) is -1.04. The second-order valence-corrected chi connectivity index (χ2v) is 6.83. The summed E-state index contributed by atoms with van der Waals surface area (Å²) in [6, 6.07) is 7.25. The van der Waals surface area contributed by atoms with Gasteiger partial charge in [0.05, 0.1) is 23.4 Å². The van der Waals surface area contributed by atoms with Crippen molar-refractivity contribution in [3.63, 3.8) is 0 Å². The standard InChI is InChI=1S/C19H17BrF3N3O4/c1-30-15-8-11(7-14(20)18(15)29)10-24-26-17(28)6-5-16(27)25-13-4-2-3-12(9-13)19(21,22)23/h2-4,7-10,29H,5-6H2,1H3,(H,25,27)(H,26,28)/b24-10+. The van der Waals surface area contributed by atoms with Crippen LogP contribution >= 0.6 is 15.9 Å². The third-order valence-electron chi connectivity index (χ3n) is 3.73. The van der Waals surface area contributed by atoms with Crippen LogP contribution in [0.3, 0.4) is 0 Å². The molecule has 2 rings (SSSR count).